The van der Waals surface area contributed by atoms with Crippen molar-refractivity contribution in [1.82, 2.24) is 0 Å². The van der Waals surface area contributed by atoms with E-state index in [1.165, 1.54) is 6.26 Å². The number of carbonyl (C=O) groups excluding carboxylic acids is 1. The third kappa shape index (κ3) is 2.65. The largest absolute Gasteiger partial charge is 0.298 e. The van der Waals surface area contributed by atoms with Crippen molar-refractivity contribution >= 4 is 16.1 Å². The summed E-state index contributed by atoms with van der Waals surface area (Å²) in [7, 11) is -3.20. The molecule has 3 nitrogen and oxygen atoms in total. The highest BCUT2D eigenvalue weighted by molar-refractivity contribution is 7.90. The Morgan fingerprint density at radius 3 is 2.17 bits per heavy atom. The van der Waals surface area contributed by atoms with Gasteiger partial charge in [-0.3, -0.25) is 4.79 Å². The fourth-order valence-corrected chi connectivity index (χ4v) is 2.33. The van der Waals surface area contributed by atoms with Gasteiger partial charge in [0.05, 0.1) is 4.90 Å². The van der Waals surface area contributed by atoms with Gasteiger partial charge in [0.2, 0.25) is 0 Å². The van der Waals surface area contributed by atoms with Crippen LogP contribution in [0.1, 0.15) is 10.4 Å². The van der Waals surface area contributed by atoms with Crippen molar-refractivity contribution in [2.45, 2.75) is 4.90 Å². The van der Waals surface area contributed by atoms with Gasteiger partial charge < -0.3 is 0 Å². The first-order chi connectivity index (χ1) is 8.50. The maximum Gasteiger partial charge on any atom is 0.175 e. The van der Waals surface area contributed by atoms with Crippen LogP contribution in [0.15, 0.2) is 53.4 Å². The van der Waals surface area contributed by atoms with E-state index < -0.39 is 9.84 Å². The van der Waals surface area contributed by atoms with Gasteiger partial charge in [0.25, 0.3) is 0 Å². The average Bonchev–Trinajstić information content (AvgIpc) is 2.38. The van der Waals surface area contributed by atoms with Crippen molar-refractivity contribution in [3.8, 4) is 11.1 Å². The Hall–Kier alpha value is -1.94. The van der Waals surface area contributed by atoms with Crippen LogP contribution in [0.3, 0.4) is 0 Å². The van der Waals surface area contributed by atoms with Crippen LogP contribution in [-0.2, 0) is 9.84 Å². The van der Waals surface area contributed by atoms with Gasteiger partial charge in [0.1, 0.15) is 6.29 Å². The van der Waals surface area contributed by atoms with E-state index in [4.69, 9.17) is 0 Å². The van der Waals surface area contributed by atoms with E-state index in [2.05, 4.69) is 0 Å². The fourth-order valence-electron chi connectivity index (χ4n) is 1.66. The maximum absolute atomic E-state index is 11.5. The van der Waals surface area contributed by atoms with Crippen molar-refractivity contribution < 1.29 is 13.2 Å². The van der Waals surface area contributed by atoms with Crippen LogP contribution >= 0.6 is 0 Å². The SMILES string of the molecule is CS(=O)(=O)c1cccc(-c2ccc(C=O)cc2)c1. The maximum atomic E-state index is 11.5. The van der Waals surface area contributed by atoms with Gasteiger partial charge in [-0.15, -0.1) is 0 Å². The lowest BCUT2D eigenvalue weighted by atomic mass is 10.0. The lowest BCUT2D eigenvalue weighted by Crippen LogP contribution is -1.96. The predicted octanol–water partition coefficient (Wildman–Crippen LogP) is 2.57. The molecule has 0 fully saturated rings. The second-order valence-corrected chi connectivity index (χ2v) is 6.06. The molecule has 92 valence electrons. The summed E-state index contributed by atoms with van der Waals surface area (Å²) < 4.78 is 22.9. The summed E-state index contributed by atoms with van der Waals surface area (Å²) in [5, 5.41) is 0. The highest BCUT2D eigenvalue weighted by atomic mass is 32.2. The van der Waals surface area contributed by atoms with Crippen LogP contribution in [0.2, 0.25) is 0 Å². The summed E-state index contributed by atoms with van der Waals surface area (Å²) in [6, 6.07) is 13.7. The van der Waals surface area contributed by atoms with Gasteiger partial charge in [0.15, 0.2) is 9.84 Å². The van der Waals surface area contributed by atoms with Gasteiger partial charge >= 0.3 is 0 Å². The molecule has 0 saturated heterocycles. The highest BCUT2D eigenvalue weighted by Crippen LogP contribution is 2.22. The molecule has 4 heteroatoms. The van der Waals surface area contributed by atoms with Crippen molar-refractivity contribution in [2.24, 2.45) is 0 Å². The first-order valence-corrected chi connectivity index (χ1v) is 7.25. The molecule has 0 saturated carbocycles. The Morgan fingerprint density at radius 1 is 0.944 bits per heavy atom. The molecular formula is C14H12O3S. The van der Waals surface area contributed by atoms with Gasteiger partial charge in [-0.1, -0.05) is 36.4 Å². The Balaban J connectivity index is 2.47. The van der Waals surface area contributed by atoms with E-state index in [0.717, 1.165) is 17.4 Å². The number of sulfone groups is 1. The summed E-state index contributed by atoms with van der Waals surface area (Å²) in [5.74, 6) is 0. The third-order valence-electron chi connectivity index (χ3n) is 2.64. The monoisotopic (exact) mass is 260 g/mol. The Labute approximate surface area is 106 Å². The summed E-state index contributed by atoms with van der Waals surface area (Å²) in [6.07, 6.45) is 1.96. The van der Waals surface area contributed by atoms with Crippen LogP contribution in [0, 0.1) is 0 Å². The van der Waals surface area contributed by atoms with Gasteiger partial charge in [-0.25, -0.2) is 8.42 Å². The summed E-state index contributed by atoms with van der Waals surface area (Å²) >= 11 is 0. The number of hydrogen-bond donors (Lipinski definition) is 0. The second kappa shape index (κ2) is 4.74. The first-order valence-electron chi connectivity index (χ1n) is 5.36. The zero-order valence-corrected chi connectivity index (χ0v) is 10.6. The minimum atomic E-state index is -3.20. The lowest BCUT2D eigenvalue weighted by Gasteiger charge is -2.04. The van der Waals surface area contributed by atoms with Gasteiger partial charge in [-0.2, -0.15) is 0 Å². The topological polar surface area (TPSA) is 51.2 Å². The Kier molecular flexibility index (Phi) is 3.30. The molecule has 2 aromatic carbocycles. The smallest absolute Gasteiger partial charge is 0.175 e. The molecule has 0 atom stereocenters. The number of carbonyl (C=O) groups is 1. The molecule has 0 aliphatic carbocycles. The number of hydrogen-bond acceptors (Lipinski definition) is 3. The van der Waals surface area contributed by atoms with E-state index in [0.29, 0.717) is 10.5 Å². The minimum absolute atomic E-state index is 0.291. The van der Waals surface area contributed by atoms with Crippen LogP contribution in [0.5, 0.6) is 0 Å². The van der Waals surface area contributed by atoms with Crippen molar-refractivity contribution in [3.63, 3.8) is 0 Å². The molecule has 0 spiro atoms. The summed E-state index contributed by atoms with van der Waals surface area (Å²) in [5.41, 5.74) is 2.29. The molecule has 0 heterocycles. The molecule has 0 bridgehead atoms. The first kappa shape index (κ1) is 12.5. The molecule has 0 amide bonds. The number of rotatable bonds is 3. The van der Waals surface area contributed by atoms with Gasteiger partial charge in [-0.05, 0) is 23.3 Å². The van der Waals surface area contributed by atoms with E-state index in [-0.39, 0.29) is 0 Å². The summed E-state index contributed by atoms with van der Waals surface area (Å²) in [6.45, 7) is 0. The lowest BCUT2D eigenvalue weighted by molar-refractivity contribution is 0.112. The molecule has 0 aliphatic heterocycles. The minimum Gasteiger partial charge on any atom is -0.298 e. The van der Waals surface area contributed by atoms with Crippen LogP contribution in [-0.4, -0.2) is 21.0 Å². The van der Waals surface area contributed by atoms with E-state index in [9.17, 15) is 13.2 Å². The van der Waals surface area contributed by atoms with Crippen LogP contribution in [0.4, 0.5) is 0 Å². The Morgan fingerprint density at radius 2 is 1.61 bits per heavy atom. The van der Waals surface area contributed by atoms with Gasteiger partial charge in [0, 0.05) is 11.8 Å². The fraction of sp³-hybridized carbons (Fsp3) is 0.0714. The third-order valence-corrected chi connectivity index (χ3v) is 3.75. The van der Waals surface area contributed by atoms with E-state index in [1.54, 1.807) is 42.5 Å². The average molecular weight is 260 g/mol. The normalized spacial score (nSPS) is 11.2. The highest BCUT2D eigenvalue weighted by Gasteiger charge is 2.08. The molecule has 2 aromatic rings. The van der Waals surface area contributed by atoms with Crippen molar-refractivity contribution in [2.75, 3.05) is 6.26 Å². The van der Waals surface area contributed by atoms with E-state index in [1.807, 2.05) is 6.07 Å². The molecule has 18 heavy (non-hydrogen) atoms. The van der Waals surface area contributed by atoms with Crippen LogP contribution in [0.25, 0.3) is 11.1 Å². The van der Waals surface area contributed by atoms with E-state index >= 15 is 0 Å². The molecule has 0 radical (unpaired) electrons. The number of aldehydes is 1. The molecule has 0 aromatic heterocycles. The zero-order valence-electron chi connectivity index (χ0n) is 9.83. The van der Waals surface area contributed by atoms with Crippen LogP contribution < -0.4 is 0 Å². The standard InChI is InChI=1S/C14H12O3S/c1-18(16,17)14-4-2-3-13(9-14)12-7-5-11(10-15)6-8-12/h2-10H,1H3. The second-order valence-electron chi connectivity index (χ2n) is 4.04. The number of benzene rings is 2. The van der Waals surface area contributed by atoms with Crippen molar-refractivity contribution in [1.29, 1.82) is 0 Å². The quantitative estimate of drug-likeness (QED) is 0.797. The molecule has 2 rings (SSSR count). The molecule has 0 aliphatic rings. The molecular weight excluding hydrogens is 248 g/mol. The zero-order chi connectivity index (χ0) is 13.2. The van der Waals surface area contributed by atoms with Crippen molar-refractivity contribution in [3.05, 3.63) is 54.1 Å². The Bertz CT molecular complexity index is 670. The predicted molar refractivity (Wildman–Crippen MR) is 70.4 cm³/mol. The molecule has 0 N–H and O–H groups in total. The molecule has 0 unspecified atom stereocenters. The summed E-state index contributed by atoms with van der Waals surface area (Å²) in [4.78, 5) is 10.9.